The van der Waals surface area contributed by atoms with Gasteiger partial charge in [-0.3, -0.25) is 9.69 Å². The zero-order valence-electron chi connectivity index (χ0n) is 22.1. The summed E-state index contributed by atoms with van der Waals surface area (Å²) in [6.45, 7) is 6.90. The highest BCUT2D eigenvalue weighted by Crippen LogP contribution is 2.44. The SMILES string of the molecule is CCn1cc(/C=C2\Oc3c(cc4c(c3C)OCN(Cc3ccc5c(c3)OCO5)C4)C2=O)c2cc(OC)ccc21. The fraction of sp³-hybridized carbons (Fsp3) is 0.258. The van der Waals surface area contributed by atoms with Crippen molar-refractivity contribution in [2.45, 2.75) is 33.5 Å². The highest BCUT2D eigenvalue weighted by Gasteiger charge is 2.34. The maximum absolute atomic E-state index is 13.6. The Bertz CT molecular complexity index is 1680. The standard InChI is InChI=1S/C31H28N2O6/c1-4-33-15-20(23-12-22(35-3)6-7-25(23)33)11-28-29(34)24-10-21-14-32(16-36-30(21)18(2)31(24)39-28)13-19-5-8-26-27(9-19)38-17-37-26/h5-12,15H,4,13-14,16-17H2,1-3H3/b28-11-. The zero-order chi connectivity index (χ0) is 26.7. The summed E-state index contributed by atoms with van der Waals surface area (Å²) in [5.41, 5.74) is 5.49. The molecule has 0 spiro atoms. The van der Waals surface area contributed by atoms with Crippen molar-refractivity contribution >= 4 is 22.8 Å². The lowest BCUT2D eigenvalue weighted by molar-refractivity contribution is 0.0876. The fourth-order valence-corrected chi connectivity index (χ4v) is 5.64. The first kappa shape index (κ1) is 23.7. The van der Waals surface area contributed by atoms with E-state index in [1.54, 1.807) is 7.11 Å². The van der Waals surface area contributed by atoms with Crippen LogP contribution < -0.4 is 23.7 Å². The summed E-state index contributed by atoms with van der Waals surface area (Å²) in [6.07, 6.45) is 3.88. The van der Waals surface area contributed by atoms with Crippen LogP contribution in [0.15, 0.2) is 54.4 Å². The quantitative estimate of drug-likeness (QED) is 0.311. The molecular formula is C31H28N2O6. The molecule has 0 atom stereocenters. The molecule has 3 aliphatic rings. The summed E-state index contributed by atoms with van der Waals surface area (Å²) >= 11 is 0. The number of carbonyl (C=O) groups is 1. The van der Waals surface area contributed by atoms with E-state index in [1.807, 2.05) is 61.7 Å². The Balaban J connectivity index is 1.18. The summed E-state index contributed by atoms with van der Waals surface area (Å²) in [5, 5.41) is 1.01. The Hall–Kier alpha value is -4.43. The lowest BCUT2D eigenvalue weighted by Crippen LogP contribution is -2.32. The number of ketones is 1. The second-order valence-corrected chi connectivity index (χ2v) is 10.0. The van der Waals surface area contributed by atoms with Crippen molar-refractivity contribution in [2.75, 3.05) is 20.6 Å². The van der Waals surface area contributed by atoms with E-state index in [2.05, 4.69) is 16.4 Å². The van der Waals surface area contributed by atoms with E-state index in [-0.39, 0.29) is 12.6 Å². The number of hydrogen-bond acceptors (Lipinski definition) is 7. The Morgan fingerprint density at radius 3 is 2.74 bits per heavy atom. The molecule has 0 bridgehead atoms. The van der Waals surface area contributed by atoms with Gasteiger partial charge in [-0.05, 0) is 61.9 Å². The summed E-state index contributed by atoms with van der Waals surface area (Å²) in [5.74, 6) is 3.86. The summed E-state index contributed by atoms with van der Waals surface area (Å²) < 4.78 is 30.9. The van der Waals surface area contributed by atoms with Gasteiger partial charge in [0.05, 0.1) is 12.7 Å². The van der Waals surface area contributed by atoms with Crippen LogP contribution in [-0.2, 0) is 19.6 Å². The first-order valence-corrected chi connectivity index (χ1v) is 13.0. The lowest BCUT2D eigenvalue weighted by Gasteiger charge is -2.30. The maximum atomic E-state index is 13.6. The topological polar surface area (TPSA) is 71.4 Å². The van der Waals surface area contributed by atoms with Gasteiger partial charge in [-0.1, -0.05) is 6.07 Å². The van der Waals surface area contributed by atoms with Crippen molar-refractivity contribution in [2.24, 2.45) is 0 Å². The van der Waals surface area contributed by atoms with Crippen LogP contribution in [-0.4, -0.2) is 35.9 Å². The van der Waals surface area contributed by atoms with Gasteiger partial charge < -0.3 is 28.3 Å². The van der Waals surface area contributed by atoms with Crippen molar-refractivity contribution < 1.29 is 28.5 Å². The molecule has 0 saturated heterocycles. The van der Waals surface area contributed by atoms with E-state index < -0.39 is 0 Å². The number of nitrogens with zero attached hydrogens (tertiary/aromatic N) is 2. The number of aromatic nitrogens is 1. The van der Waals surface area contributed by atoms with Crippen LogP contribution in [0.3, 0.4) is 0 Å². The second-order valence-electron chi connectivity index (χ2n) is 10.0. The van der Waals surface area contributed by atoms with Crippen LogP contribution in [0.5, 0.6) is 28.7 Å². The molecule has 1 aromatic heterocycles. The molecule has 0 amide bonds. The Labute approximate surface area is 225 Å². The molecule has 0 saturated carbocycles. The van der Waals surface area contributed by atoms with E-state index in [0.29, 0.717) is 36.9 Å². The molecule has 0 radical (unpaired) electrons. The van der Waals surface area contributed by atoms with Gasteiger partial charge in [-0.25, -0.2) is 0 Å². The Morgan fingerprint density at radius 2 is 1.90 bits per heavy atom. The lowest BCUT2D eigenvalue weighted by atomic mass is 9.99. The third kappa shape index (κ3) is 3.90. The van der Waals surface area contributed by atoms with Crippen LogP contribution in [0.25, 0.3) is 17.0 Å². The fourth-order valence-electron chi connectivity index (χ4n) is 5.64. The number of Topliss-reactive ketones (excluding diaryl/α,β-unsaturated/α-hetero) is 1. The van der Waals surface area contributed by atoms with Crippen molar-refractivity contribution in [3.05, 3.63) is 82.2 Å². The van der Waals surface area contributed by atoms with Gasteiger partial charge in [-0.2, -0.15) is 0 Å². The Morgan fingerprint density at radius 1 is 1.03 bits per heavy atom. The van der Waals surface area contributed by atoms with Crippen LogP contribution in [0.1, 0.15) is 39.5 Å². The summed E-state index contributed by atoms with van der Waals surface area (Å²) in [4.78, 5) is 15.7. The molecule has 198 valence electrons. The molecule has 4 heterocycles. The van der Waals surface area contributed by atoms with Crippen LogP contribution in [0.4, 0.5) is 0 Å². The number of rotatable bonds is 5. The van der Waals surface area contributed by atoms with Crippen molar-refractivity contribution in [1.29, 1.82) is 0 Å². The maximum Gasteiger partial charge on any atom is 0.231 e. The first-order chi connectivity index (χ1) is 19.0. The third-order valence-electron chi connectivity index (χ3n) is 7.59. The largest absolute Gasteiger partial charge is 0.497 e. The third-order valence-corrected chi connectivity index (χ3v) is 7.59. The minimum absolute atomic E-state index is 0.121. The highest BCUT2D eigenvalue weighted by atomic mass is 16.7. The second kappa shape index (κ2) is 9.10. The molecule has 0 unspecified atom stereocenters. The molecule has 8 heteroatoms. The molecule has 4 aromatic rings. The number of aryl methyl sites for hydroxylation is 1. The average molecular weight is 525 g/mol. The minimum Gasteiger partial charge on any atom is -0.497 e. The van der Waals surface area contributed by atoms with E-state index >= 15 is 0 Å². The van der Waals surface area contributed by atoms with Crippen LogP contribution in [0.2, 0.25) is 0 Å². The zero-order valence-corrected chi connectivity index (χ0v) is 22.1. The van der Waals surface area contributed by atoms with Gasteiger partial charge in [0.15, 0.2) is 17.3 Å². The van der Waals surface area contributed by atoms with E-state index in [9.17, 15) is 4.79 Å². The molecule has 3 aliphatic heterocycles. The molecule has 8 nitrogen and oxygen atoms in total. The number of benzene rings is 3. The van der Waals surface area contributed by atoms with Gasteiger partial charge in [0.1, 0.15) is 24.0 Å². The number of ether oxygens (including phenoxy) is 5. The number of carbonyl (C=O) groups excluding carboxylic acids is 1. The van der Waals surface area contributed by atoms with Crippen molar-refractivity contribution in [3.63, 3.8) is 0 Å². The molecule has 0 fully saturated rings. The van der Waals surface area contributed by atoms with Gasteiger partial charge in [0.2, 0.25) is 12.6 Å². The van der Waals surface area contributed by atoms with E-state index in [4.69, 9.17) is 23.7 Å². The summed E-state index contributed by atoms with van der Waals surface area (Å²) in [7, 11) is 1.65. The van der Waals surface area contributed by atoms with Crippen LogP contribution >= 0.6 is 0 Å². The normalized spacial score (nSPS) is 16.8. The molecule has 0 N–H and O–H groups in total. The molecule has 7 rings (SSSR count). The van der Waals surface area contributed by atoms with Gasteiger partial charge in [0, 0.05) is 53.4 Å². The predicted molar refractivity (Wildman–Crippen MR) is 146 cm³/mol. The molecular weight excluding hydrogens is 496 g/mol. The average Bonchev–Trinajstić information content (AvgIpc) is 3.65. The first-order valence-electron chi connectivity index (χ1n) is 13.0. The molecule has 39 heavy (non-hydrogen) atoms. The minimum atomic E-state index is -0.121. The van der Waals surface area contributed by atoms with Gasteiger partial charge in [0.25, 0.3) is 0 Å². The smallest absolute Gasteiger partial charge is 0.231 e. The highest BCUT2D eigenvalue weighted by molar-refractivity contribution is 6.15. The number of hydrogen-bond donors (Lipinski definition) is 0. The van der Waals surface area contributed by atoms with E-state index in [1.165, 1.54) is 0 Å². The molecule has 0 aliphatic carbocycles. The number of fused-ring (bicyclic) bond motifs is 4. The van der Waals surface area contributed by atoms with E-state index in [0.717, 1.165) is 62.7 Å². The van der Waals surface area contributed by atoms with Crippen molar-refractivity contribution in [3.8, 4) is 28.7 Å². The Kier molecular flexibility index (Phi) is 5.52. The van der Waals surface area contributed by atoms with Gasteiger partial charge in [-0.15, -0.1) is 0 Å². The molecule has 3 aromatic carbocycles. The monoisotopic (exact) mass is 524 g/mol. The number of allylic oxidation sites excluding steroid dienone is 1. The van der Waals surface area contributed by atoms with Gasteiger partial charge >= 0.3 is 0 Å². The van der Waals surface area contributed by atoms with Crippen LogP contribution in [0, 0.1) is 6.92 Å². The predicted octanol–water partition coefficient (Wildman–Crippen LogP) is 5.68. The van der Waals surface area contributed by atoms with Crippen molar-refractivity contribution in [1.82, 2.24) is 9.47 Å². The summed E-state index contributed by atoms with van der Waals surface area (Å²) in [6, 6.07) is 13.9. The number of methoxy groups -OCH3 is 1.